The number of carbonyl (C=O) groups is 2. The molecule has 1 unspecified atom stereocenters. The van der Waals surface area contributed by atoms with Gasteiger partial charge in [-0.2, -0.15) is 38.8 Å². The van der Waals surface area contributed by atoms with Gasteiger partial charge in [0, 0.05) is 44.2 Å². The van der Waals surface area contributed by atoms with E-state index in [0.717, 1.165) is 27.7 Å². The third-order valence-corrected chi connectivity index (χ3v) is 10.0. The number of nitrogens with one attached hydrogen (secondary N) is 2. The first-order chi connectivity index (χ1) is 25.5. The SMILES string of the molecule is Cn1cc(CC(C(=O)NC(C)(C)Cn2nc(C(F)(F)F)cc2-c2n[nH]c(=O)s2)N2CCc3c(-c4cc5cnn(C)c5cc4C#N)ccc(F)c3C2=O)cn1. The highest BCUT2D eigenvalue weighted by atomic mass is 32.1. The van der Waals surface area contributed by atoms with Gasteiger partial charge in [-0.25, -0.2) is 9.49 Å². The van der Waals surface area contributed by atoms with Crippen molar-refractivity contribution in [3.05, 3.63) is 92.4 Å². The molecule has 0 saturated carbocycles. The van der Waals surface area contributed by atoms with Gasteiger partial charge in [-0.05, 0) is 61.2 Å². The Kier molecular flexibility index (Phi) is 8.96. The van der Waals surface area contributed by atoms with Crippen molar-refractivity contribution in [2.75, 3.05) is 6.54 Å². The van der Waals surface area contributed by atoms with Crippen molar-refractivity contribution in [2.24, 2.45) is 14.1 Å². The molecule has 4 aromatic heterocycles. The van der Waals surface area contributed by atoms with Crippen LogP contribution in [0.3, 0.4) is 0 Å². The minimum atomic E-state index is -4.80. The third kappa shape index (κ3) is 6.75. The van der Waals surface area contributed by atoms with Crippen LogP contribution in [-0.4, -0.2) is 74.4 Å². The second-order valence-corrected chi connectivity index (χ2v) is 14.6. The highest BCUT2D eigenvalue weighted by Crippen LogP contribution is 2.37. The lowest BCUT2D eigenvalue weighted by Gasteiger charge is -2.37. The Morgan fingerprint density at radius 1 is 1.11 bits per heavy atom. The number of carbonyl (C=O) groups excluding carboxylic acids is 2. The predicted molar refractivity (Wildman–Crippen MR) is 187 cm³/mol. The van der Waals surface area contributed by atoms with E-state index >= 15 is 4.39 Å². The van der Waals surface area contributed by atoms with Crippen molar-refractivity contribution in [1.29, 1.82) is 5.26 Å². The monoisotopic (exact) mass is 761 g/mol. The maximum atomic E-state index is 15.7. The maximum Gasteiger partial charge on any atom is 0.435 e. The number of rotatable bonds is 9. The first kappa shape index (κ1) is 36.2. The van der Waals surface area contributed by atoms with Gasteiger partial charge in [0.25, 0.3) is 5.91 Å². The molecule has 0 fully saturated rings. The fourth-order valence-electron chi connectivity index (χ4n) is 6.82. The minimum absolute atomic E-state index is 0.00834. The number of benzene rings is 2. The Morgan fingerprint density at radius 3 is 2.56 bits per heavy atom. The van der Waals surface area contributed by atoms with E-state index in [1.165, 1.54) is 21.8 Å². The molecule has 54 heavy (non-hydrogen) atoms. The summed E-state index contributed by atoms with van der Waals surface area (Å²) in [7, 11) is 3.44. The molecule has 1 aliphatic heterocycles. The van der Waals surface area contributed by atoms with Crippen molar-refractivity contribution in [3.8, 4) is 27.9 Å². The van der Waals surface area contributed by atoms with Crippen LogP contribution in [0.15, 0.2) is 53.7 Å². The fraction of sp³-hybridized carbons (Fsp3) is 0.314. The Labute approximate surface area is 307 Å². The lowest BCUT2D eigenvalue weighted by molar-refractivity contribution is -0.141. The van der Waals surface area contributed by atoms with Gasteiger partial charge in [0.15, 0.2) is 10.7 Å². The lowest BCUT2D eigenvalue weighted by Crippen LogP contribution is -2.58. The Bertz CT molecular complexity index is 2550. The van der Waals surface area contributed by atoms with E-state index in [1.807, 2.05) is 0 Å². The summed E-state index contributed by atoms with van der Waals surface area (Å²) in [5.74, 6) is -2.19. The van der Waals surface area contributed by atoms with Crippen LogP contribution in [-0.2, 0) is 44.5 Å². The summed E-state index contributed by atoms with van der Waals surface area (Å²) in [6.45, 7) is 2.87. The molecule has 0 spiro atoms. The molecule has 2 amide bonds. The summed E-state index contributed by atoms with van der Waals surface area (Å²) < 4.78 is 61.1. The molecule has 0 aliphatic carbocycles. The standard InChI is InChI=1S/C35H31F4N11O3S/c1-34(2,17-50-27(31-44-45-33(53)54-31)12-28(46-50)35(37,38)39)43-30(51)26(9-18-14-41-47(3)16-18)49-8-7-22-21(5-6-24(36)29(22)32(49)52)23-10-20-15-42-48(4)25(20)11-19(23)13-40/h5-6,10-12,14-16,26H,7-9,17H2,1-4H3,(H,43,51)(H,45,53). The average molecular weight is 762 g/mol. The molecule has 6 aromatic rings. The zero-order valence-electron chi connectivity index (χ0n) is 29.2. The van der Waals surface area contributed by atoms with Crippen LogP contribution >= 0.6 is 11.3 Å². The molecule has 0 saturated heterocycles. The molecule has 1 aliphatic rings. The Hall–Kier alpha value is -6.16. The van der Waals surface area contributed by atoms with Gasteiger partial charge in [-0.15, -0.1) is 0 Å². The molecule has 2 N–H and O–H groups in total. The molecule has 278 valence electrons. The summed E-state index contributed by atoms with van der Waals surface area (Å²) in [6, 6.07) is 7.94. The highest BCUT2D eigenvalue weighted by molar-refractivity contribution is 7.12. The predicted octanol–water partition coefficient (Wildman–Crippen LogP) is 4.22. The van der Waals surface area contributed by atoms with E-state index in [-0.39, 0.29) is 42.2 Å². The van der Waals surface area contributed by atoms with E-state index in [9.17, 15) is 32.8 Å². The van der Waals surface area contributed by atoms with Crippen molar-refractivity contribution in [1.82, 2.24) is 49.8 Å². The van der Waals surface area contributed by atoms with Gasteiger partial charge in [0.05, 0.1) is 52.9 Å². The normalized spacial score (nSPS) is 14.0. The van der Waals surface area contributed by atoms with Crippen LogP contribution < -0.4 is 10.2 Å². The van der Waals surface area contributed by atoms with Crippen molar-refractivity contribution in [2.45, 2.75) is 51.0 Å². The maximum absolute atomic E-state index is 15.7. The fourth-order valence-corrected chi connectivity index (χ4v) is 7.44. The van der Waals surface area contributed by atoms with Crippen LogP contribution in [0, 0.1) is 17.1 Å². The van der Waals surface area contributed by atoms with Gasteiger partial charge in [-0.1, -0.05) is 17.4 Å². The summed E-state index contributed by atoms with van der Waals surface area (Å²) in [5.41, 5.74) is 0.252. The molecule has 0 radical (unpaired) electrons. The van der Waals surface area contributed by atoms with Crippen molar-refractivity contribution in [3.63, 3.8) is 0 Å². The summed E-state index contributed by atoms with van der Waals surface area (Å²) in [6.07, 6.45) is 0.192. The van der Waals surface area contributed by atoms with Crippen LogP contribution in [0.5, 0.6) is 0 Å². The lowest BCUT2D eigenvalue weighted by atomic mass is 9.87. The summed E-state index contributed by atoms with van der Waals surface area (Å²) in [4.78, 5) is 41.1. The minimum Gasteiger partial charge on any atom is -0.348 e. The number of aromatic amines is 1. The first-order valence-electron chi connectivity index (χ1n) is 16.5. The molecule has 0 bridgehead atoms. The molecule has 14 nitrogen and oxygen atoms in total. The average Bonchev–Trinajstić information content (AvgIpc) is 3.91. The number of aromatic nitrogens is 8. The van der Waals surface area contributed by atoms with Crippen LogP contribution in [0.4, 0.5) is 17.6 Å². The largest absolute Gasteiger partial charge is 0.435 e. The van der Waals surface area contributed by atoms with Gasteiger partial charge in [0.2, 0.25) is 5.91 Å². The van der Waals surface area contributed by atoms with Gasteiger partial charge in [0.1, 0.15) is 11.9 Å². The number of nitriles is 1. The molecule has 2 aromatic carbocycles. The number of alkyl halides is 3. The molecular weight excluding hydrogens is 731 g/mol. The second-order valence-electron chi connectivity index (χ2n) is 13.6. The van der Waals surface area contributed by atoms with Crippen LogP contribution in [0.2, 0.25) is 0 Å². The topological polar surface area (TPSA) is 172 Å². The number of hydrogen-bond donors (Lipinski definition) is 2. The molecular formula is C35H31F4N11O3S. The number of hydrogen-bond acceptors (Lipinski definition) is 9. The molecule has 19 heteroatoms. The van der Waals surface area contributed by atoms with Gasteiger partial charge >= 0.3 is 11.0 Å². The van der Waals surface area contributed by atoms with Gasteiger partial charge < -0.3 is 10.2 Å². The van der Waals surface area contributed by atoms with Gasteiger partial charge in [-0.3, -0.25) is 28.4 Å². The summed E-state index contributed by atoms with van der Waals surface area (Å²) >= 11 is 0.604. The van der Waals surface area contributed by atoms with E-state index in [4.69, 9.17) is 0 Å². The van der Waals surface area contributed by atoms with E-state index in [1.54, 1.807) is 57.2 Å². The summed E-state index contributed by atoms with van der Waals surface area (Å²) in [5, 5.41) is 31.8. The van der Waals surface area contributed by atoms with Crippen molar-refractivity contribution >= 4 is 34.1 Å². The van der Waals surface area contributed by atoms with E-state index in [2.05, 4.69) is 36.9 Å². The van der Waals surface area contributed by atoms with Crippen molar-refractivity contribution < 1.29 is 27.2 Å². The molecule has 7 rings (SSSR count). The number of nitrogens with zero attached hydrogens (tertiary/aromatic N) is 9. The second kappa shape index (κ2) is 13.4. The third-order valence-electron chi connectivity index (χ3n) is 9.24. The molecule has 1 atom stereocenters. The number of aryl methyl sites for hydroxylation is 2. The number of H-pyrrole nitrogens is 1. The van der Waals surface area contributed by atoms with Crippen LogP contribution in [0.1, 0.15) is 46.6 Å². The highest BCUT2D eigenvalue weighted by Gasteiger charge is 2.40. The van der Waals surface area contributed by atoms with E-state index < -0.39 is 46.0 Å². The van der Waals surface area contributed by atoms with E-state index in [0.29, 0.717) is 39.2 Å². The number of halogens is 4. The smallest absolute Gasteiger partial charge is 0.348 e. The Balaban J connectivity index is 1.22. The zero-order valence-corrected chi connectivity index (χ0v) is 30.0. The number of amides is 2. The molecule has 5 heterocycles. The Morgan fingerprint density at radius 2 is 1.89 bits per heavy atom. The van der Waals surface area contributed by atoms with Crippen LogP contribution in [0.25, 0.3) is 32.7 Å². The first-order valence-corrected chi connectivity index (χ1v) is 17.3. The number of fused-ring (bicyclic) bond motifs is 2. The quantitative estimate of drug-likeness (QED) is 0.206. The zero-order chi connectivity index (χ0) is 38.7.